The lowest BCUT2D eigenvalue weighted by molar-refractivity contribution is -0.117. The molecule has 130 valence electrons. The molecule has 0 saturated heterocycles. The van der Waals surface area contributed by atoms with Crippen LogP contribution in [-0.2, 0) is 17.3 Å². The number of nitrogens with one attached hydrogen (secondary N) is 1. The number of anilines is 1. The molecule has 1 N–H and O–H groups in total. The van der Waals surface area contributed by atoms with Crippen LogP contribution in [0.4, 0.5) is 5.82 Å². The average Bonchev–Trinajstić information content (AvgIpc) is 3.25. The number of benzene rings is 1. The zero-order valence-corrected chi connectivity index (χ0v) is 15.8. The second kappa shape index (κ2) is 5.69. The molecule has 2 aliphatic rings. The molecule has 1 aromatic carbocycles. The van der Waals surface area contributed by atoms with Crippen LogP contribution in [0.25, 0.3) is 0 Å². The van der Waals surface area contributed by atoms with E-state index in [0.717, 1.165) is 34.1 Å². The number of aryl methyl sites for hydroxylation is 2. The number of carbonyl (C=O) groups is 2. The topological polar surface area (TPSA) is 67.2 Å². The molecule has 2 amide bonds. The predicted octanol–water partition coefficient (Wildman–Crippen LogP) is 2.62. The second-order valence-corrected chi connectivity index (χ2v) is 7.89. The molecule has 0 bridgehead atoms. The van der Waals surface area contributed by atoms with Gasteiger partial charge in [-0.1, -0.05) is 15.9 Å². The summed E-state index contributed by atoms with van der Waals surface area (Å²) >= 11 is 3.49. The molecule has 2 heterocycles. The van der Waals surface area contributed by atoms with Crippen LogP contribution in [0.3, 0.4) is 0 Å². The third-order valence-corrected chi connectivity index (χ3v) is 5.51. The van der Waals surface area contributed by atoms with Crippen LogP contribution in [0, 0.1) is 6.92 Å². The molecule has 1 aliphatic carbocycles. The Balaban J connectivity index is 1.54. The molecule has 4 rings (SSSR count). The van der Waals surface area contributed by atoms with Crippen molar-refractivity contribution in [3.8, 4) is 0 Å². The lowest BCUT2D eigenvalue weighted by Crippen LogP contribution is -2.46. The maximum atomic E-state index is 12.8. The van der Waals surface area contributed by atoms with E-state index in [1.807, 2.05) is 25.1 Å². The van der Waals surface area contributed by atoms with Gasteiger partial charge in [-0.05, 0) is 43.5 Å². The normalized spacial score (nSPS) is 17.6. The fourth-order valence-electron chi connectivity index (χ4n) is 3.62. The summed E-state index contributed by atoms with van der Waals surface area (Å²) in [5.74, 6) is 0.362. The molecular formula is C18H19BrN4O2. The number of amides is 2. The quantitative estimate of drug-likeness (QED) is 0.857. The van der Waals surface area contributed by atoms with E-state index in [-0.39, 0.29) is 23.8 Å². The molecule has 6 nitrogen and oxygen atoms in total. The van der Waals surface area contributed by atoms with Crippen molar-refractivity contribution < 1.29 is 9.59 Å². The summed E-state index contributed by atoms with van der Waals surface area (Å²) in [6, 6.07) is 7.60. The number of aromatic nitrogens is 2. The van der Waals surface area contributed by atoms with Gasteiger partial charge in [0.2, 0.25) is 5.91 Å². The van der Waals surface area contributed by atoms with Crippen LogP contribution < -0.4 is 5.32 Å². The molecule has 1 aliphatic heterocycles. The van der Waals surface area contributed by atoms with Crippen molar-refractivity contribution in [3.63, 3.8) is 0 Å². The zero-order valence-electron chi connectivity index (χ0n) is 14.2. The van der Waals surface area contributed by atoms with Gasteiger partial charge in [-0.3, -0.25) is 14.3 Å². The molecule has 1 aromatic heterocycles. The van der Waals surface area contributed by atoms with E-state index < -0.39 is 0 Å². The number of halogens is 1. The van der Waals surface area contributed by atoms with Crippen molar-refractivity contribution >= 4 is 33.6 Å². The minimum Gasteiger partial charge on any atom is -0.328 e. The Morgan fingerprint density at radius 3 is 2.76 bits per heavy atom. The molecule has 0 unspecified atom stereocenters. The van der Waals surface area contributed by atoms with Gasteiger partial charge in [0, 0.05) is 35.1 Å². The van der Waals surface area contributed by atoms with Gasteiger partial charge >= 0.3 is 0 Å². The average molecular weight is 403 g/mol. The maximum Gasteiger partial charge on any atom is 0.254 e. The minimum atomic E-state index is -0.201. The van der Waals surface area contributed by atoms with Gasteiger partial charge in [0.1, 0.15) is 12.4 Å². The summed E-state index contributed by atoms with van der Waals surface area (Å²) in [4.78, 5) is 26.9. The number of nitrogens with zero attached hydrogens (tertiary/aromatic N) is 3. The van der Waals surface area contributed by atoms with E-state index in [0.29, 0.717) is 12.4 Å². The number of carbonyl (C=O) groups excluding carboxylic acids is 2. The van der Waals surface area contributed by atoms with Gasteiger partial charge in [0.05, 0.1) is 5.69 Å². The van der Waals surface area contributed by atoms with E-state index in [1.165, 1.54) is 0 Å². The van der Waals surface area contributed by atoms with E-state index in [4.69, 9.17) is 0 Å². The summed E-state index contributed by atoms with van der Waals surface area (Å²) in [6.45, 7) is 2.53. The van der Waals surface area contributed by atoms with Crippen LogP contribution >= 0.6 is 15.9 Å². The van der Waals surface area contributed by atoms with E-state index in [9.17, 15) is 9.59 Å². The van der Waals surface area contributed by atoms with Crippen LogP contribution in [0.15, 0.2) is 28.7 Å². The monoisotopic (exact) mass is 402 g/mol. The summed E-state index contributed by atoms with van der Waals surface area (Å²) < 4.78 is 2.61. The maximum absolute atomic E-state index is 12.8. The first-order valence-electron chi connectivity index (χ1n) is 8.28. The van der Waals surface area contributed by atoms with Gasteiger partial charge < -0.3 is 10.2 Å². The fraction of sp³-hybridized carbons (Fsp3) is 0.389. The zero-order chi connectivity index (χ0) is 17.8. The van der Waals surface area contributed by atoms with Gasteiger partial charge in [0.25, 0.3) is 5.91 Å². The Kier molecular flexibility index (Phi) is 3.72. The van der Waals surface area contributed by atoms with E-state index in [1.54, 1.807) is 16.6 Å². The van der Waals surface area contributed by atoms with Crippen LogP contribution in [0.2, 0.25) is 0 Å². The minimum absolute atomic E-state index is 0.0242. The molecule has 0 atom stereocenters. The van der Waals surface area contributed by atoms with Gasteiger partial charge in [-0.2, -0.15) is 5.10 Å². The lowest BCUT2D eigenvalue weighted by Gasteiger charge is -2.34. The third kappa shape index (κ3) is 2.86. The summed E-state index contributed by atoms with van der Waals surface area (Å²) in [5.41, 5.74) is 2.70. The van der Waals surface area contributed by atoms with Crippen molar-refractivity contribution in [3.05, 3.63) is 45.6 Å². The van der Waals surface area contributed by atoms with Crippen LogP contribution in [-0.4, -0.2) is 39.6 Å². The highest BCUT2D eigenvalue weighted by Gasteiger charge is 2.51. The van der Waals surface area contributed by atoms with Crippen molar-refractivity contribution in [1.82, 2.24) is 14.7 Å². The first-order chi connectivity index (χ1) is 11.9. The molecule has 0 radical (unpaired) electrons. The molecule has 7 heteroatoms. The number of hydrogen-bond acceptors (Lipinski definition) is 3. The summed E-state index contributed by atoms with van der Waals surface area (Å²) in [5, 5.41) is 7.05. The van der Waals surface area contributed by atoms with Crippen molar-refractivity contribution in [1.29, 1.82) is 0 Å². The van der Waals surface area contributed by atoms with Crippen molar-refractivity contribution in [2.45, 2.75) is 25.2 Å². The Hall–Kier alpha value is -2.15. The molecule has 25 heavy (non-hydrogen) atoms. The molecule has 2 aromatic rings. The van der Waals surface area contributed by atoms with Crippen molar-refractivity contribution in [2.24, 2.45) is 7.05 Å². The highest BCUT2D eigenvalue weighted by atomic mass is 79.9. The van der Waals surface area contributed by atoms with Gasteiger partial charge in [-0.25, -0.2) is 0 Å². The van der Waals surface area contributed by atoms with Gasteiger partial charge in [-0.15, -0.1) is 0 Å². The second-order valence-electron chi connectivity index (χ2n) is 6.97. The first kappa shape index (κ1) is 16.3. The molecule has 1 fully saturated rings. The highest BCUT2D eigenvalue weighted by molar-refractivity contribution is 9.10. The van der Waals surface area contributed by atoms with Crippen molar-refractivity contribution in [2.75, 3.05) is 18.4 Å². The molecular weight excluding hydrogens is 384 g/mol. The van der Waals surface area contributed by atoms with E-state index in [2.05, 4.69) is 32.4 Å². The summed E-state index contributed by atoms with van der Waals surface area (Å²) in [6.07, 6.45) is 2.12. The standard InChI is InChI=1S/C18H19BrN4O2/c1-11-7-15(22(2)21-11)20-16(24)9-23-10-18(5-6-18)14-8-12(19)3-4-13(14)17(23)25/h3-4,7-8H,5-6,9-10H2,1-2H3,(H,20,24). The first-order valence-corrected chi connectivity index (χ1v) is 9.07. The third-order valence-electron chi connectivity index (χ3n) is 5.02. The Morgan fingerprint density at radius 1 is 1.36 bits per heavy atom. The number of hydrogen-bond donors (Lipinski definition) is 1. The Labute approximate surface area is 154 Å². The smallest absolute Gasteiger partial charge is 0.254 e. The Morgan fingerprint density at radius 2 is 2.12 bits per heavy atom. The molecule has 1 spiro atoms. The SMILES string of the molecule is Cc1cc(NC(=O)CN2CC3(CC3)c3cc(Br)ccc3C2=O)n(C)n1. The molecule has 1 saturated carbocycles. The number of rotatable bonds is 3. The largest absolute Gasteiger partial charge is 0.328 e. The van der Waals surface area contributed by atoms with Gasteiger partial charge in [0.15, 0.2) is 0 Å². The van der Waals surface area contributed by atoms with E-state index >= 15 is 0 Å². The lowest BCUT2D eigenvalue weighted by atomic mass is 9.86. The predicted molar refractivity (Wildman–Crippen MR) is 97.5 cm³/mol. The Bertz CT molecular complexity index is 885. The highest BCUT2D eigenvalue weighted by Crippen LogP contribution is 2.52. The fourth-order valence-corrected chi connectivity index (χ4v) is 3.98. The van der Waals surface area contributed by atoms with Crippen LogP contribution in [0.5, 0.6) is 0 Å². The van der Waals surface area contributed by atoms with Crippen LogP contribution in [0.1, 0.15) is 34.5 Å². The number of fused-ring (bicyclic) bond motifs is 2. The summed E-state index contributed by atoms with van der Waals surface area (Å²) in [7, 11) is 1.78.